The minimum absolute atomic E-state index is 0.0590. The van der Waals surface area contributed by atoms with E-state index in [-0.39, 0.29) is 41.9 Å². The summed E-state index contributed by atoms with van der Waals surface area (Å²) in [5.41, 5.74) is 2.97. The average Bonchev–Trinajstić information content (AvgIpc) is 3.13. The van der Waals surface area contributed by atoms with E-state index in [2.05, 4.69) is 15.1 Å². The zero-order chi connectivity index (χ0) is 24.5. The van der Waals surface area contributed by atoms with E-state index in [0.717, 1.165) is 0 Å². The molecular formula is C24H26N4O5S. The molecule has 10 heteroatoms. The van der Waals surface area contributed by atoms with Gasteiger partial charge in [0.2, 0.25) is 21.8 Å². The zero-order valence-electron chi connectivity index (χ0n) is 19.2. The predicted octanol–water partition coefficient (Wildman–Crippen LogP) is 3.28. The summed E-state index contributed by atoms with van der Waals surface area (Å²) in [4.78, 5) is 24.8. The lowest BCUT2D eigenvalue weighted by Gasteiger charge is -2.14. The molecule has 2 N–H and O–H groups in total. The van der Waals surface area contributed by atoms with E-state index < -0.39 is 10.0 Å². The van der Waals surface area contributed by atoms with Gasteiger partial charge < -0.3 is 10.1 Å². The molecule has 1 aliphatic rings. The number of fused-ring (bicyclic) bond motifs is 1. The largest absolute Gasteiger partial charge is 0.496 e. The Hall–Kier alpha value is -3.50. The Morgan fingerprint density at radius 1 is 1.15 bits per heavy atom. The SMILES string of the molecule is CCc1nn2c(c1-c1ccc(C)c(S(=O)(=O)NCc3ccccc3OC)c1)NC(=O)CCC2=O. The van der Waals surface area contributed by atoms with Crippen molar-refractivity contribution in [2.75, 3.05) is 12.4 Å². The smallest absolute Gasteiger partial charge is 0.249 e. The molecule has 2 heterocycles. The molecule has 0 atom stereocenters. The van der Waals surface area contributed by atoms with E-state index in [1.807, 2.05) is 19.1 Å². The van der Waals surface area contributed by atoms with Crippen molar-refractivity contribution in [3.63, 3.8) is 0 Å². The summed E-state index contributed by atoms with van der Waals surface area (Å²) >= 11 is 0. The number of carbonyl (C=O) groups is 2. The van der Waals surface area contributed by atoms with Crippen molar-refractivity contribution in [3.05, 3.63) is 59.3 Å². The first-order valence-corrected chi connectivity index (χ1v) is 12.4. The van der Waals surface area contributed by atoms with Crippen LogP contribution in [-0.2, 0) is 27.8 Å². The number of ether oxygens (including phenoxy) is 1. The molecular weight excluding hydrogens is 456 g/mol. The number of carbonyl (C=O) groups excluding carboxylic acids is 2. The Labute approximate surface area is 198 Å². The van der Waals surface area contributed by atoms with Crippen molar-refractivity contribution in [3.8, 4) is 16.9 Å². The van der Waals surface area contributed by atoms with Gasteiger partial charge >= 0.3 is 0 Å². The number of amides is 1. The van der Waals surface area contributed by atoms with Crippen molar-refractivity contribution in [2.24, 2.45) is 0 Å². The number of nitrogens with one attached hydrogen (secondary N) is 2. The van der Waals surface area contributed by atoms with Gasteiger partial charge in [0.1, 0.15) is 11.6 Å². The second-order valence-corrected chi connectivity index (χ2v) is 9.73. The molecule has 0 fully saturated rings. The monoisotopic (exact) mass is 482 g/mol. The fourth-order valence-electron chi connectivity index (χ4n) is 3.98. The average molecular weight is 483 g/mol. The maximum atomic E-state index is 13.3. The fourth-order valence-corrected chi connectivity index (χ4v) is 5.25. The molecule has 9 nitrogen and oxygen atoms in total. The van der Waals surface area contributed by atoms with Crippen molar-refractivity contribution < 1.29 is 22.7 Å². The van der Waals surface area contributed by atoms with Crippen LogP contribution in [0.1, 0.15) is 41.4 Å². The van der Waals surface area contributed by atoms with Crippen molar-refractivity contribution >= 4 is 27.7 Å². The number of para-hydroxylation sites is 1. The molecule has 0 aliphatic carbocycles. The minimum atomic E-state index is -3.88. The highest BCUT2D eigenvalue weighted by molar-refractivity contribution is 7.89. The number of sulfonamides is 1. The topological polar surface area (TPSA) is 119 Å². The summed E-state index contributed by atoms with van der Waals surface area (Å²) in [5, 5.41) is 7.17. The molecule has 1 aliphatic heterocycles. The quantitative estimate of drug-likeness (QED) is 0.533. The van der Waals surface area contributed by atoms with E-state index >= 15 is 0 Å². The van der Waals surface area contributed by atoms with E-state index in [4.69, 9.17) is 4.74 Å². The summed E-state index contributed by atoms with van der Waals surface area (Å²) in [7, 11) is -2.35. The van der Waals surface area contributed by atoms with Gasteiger partial charge in [0, 0.05) is 30.5 Å². The molecule has 0 saturated carbocycles. The summed E-state index contributed by atoms with van der Waals surface area (Å²) in [6, 6.07) is 12.2. The van der Waals surface area contributed by atoms with Crippen molar-refractivity contribution in [1.29, 1.82) is 0 Å². The van der Waals surface area contributed by atoms with Gasteiger partial charge in [0.15, 0.2) is 0 Å². The second kappa shape index (κ2) is 9.40. The van der Waals surface area contributed by atoms with E-state index in [1.165, 1.54) is 11.8 Å². The maximum absolute atomic E-state index is 13.3. The van der Waals surface area contributed by atoms with Crippen LogP contribution in [0.25, 0.3) is 11.1 Å². The zero-order valence-corrected chi connectivity index (χ0v) is 20.0. The molecule has 4 rings (SSSR count). The highest BCUT2D eigenvalue weighted by atomic mass is 32.2. The Morgan fingerprint density at radius 3 is 2.65 bits per heavy atom. The van der Waals surface area contributed by atoms with Crippen LogP contribution in [-0.4, -0.2) is 37.1 Å². The van der Waals surface area contributed by atoms with Gasteiger partial charge in [-0.1, -0.05) is 37.3 Å². The first-order chi connectivity index (χ1) is 16.2. The van der Waals surface area contributed by atoms with Gasteiger partial charge in [0.05, 0.1) is 17.7 Å². The van der Waals surface area contributed by atoms with Crippen LogP contribution in [0, 0.1) is 6.92 Å². The number of benzene rings is 2. The summed E-state index contributed by atoms with van der Waals surface area (Å²) in [6.45, 7) is 3.66. The number of hydrogen-bond acceptors (Lipinski definition) is 6. The van der Waals surface area contributed by atoms with Gasteiger partial charge in [-0.05, 0) is 36.6 Å². The lowest BCUT2D eigenvalue weighted by atomic mass is 10.0. The first kappa shape index (κ1) is 23.7. The Balaban J connectivity index is 1.75. The molecule has 1 amide bonds. The van der Waals surface area contributed by atoms with Crippen LogP contribution in [0.2, 0.25) is 0 Å². The van der Waals surface area contributed by atoms with Gasteiger partial charge in [-0.15, -0.1) is 0 Å². The first-order valence-electron chi connectivity index (χ1n) is 10.9. The molecule has 3 aromatic rings. The van der Waals surface area contributed by atoms with Crippen LogP contribution in [0.4, 0.5) is 5.82 Å². The number of methoxy groups -OCH3 is 1. The Bertz CT molecular complexity index is 1380. The molecule has 0 saturated heterocycles. The third-order valence-corrected chi connectivity index (χ3v) is 7.31. The van der Waals surface area contributed by atoms with Crippen LogP contribution in [0.15, 0.2) is 47.4 Å². The van der Waals surface area contributed by atoms with Crippen molar-refractivity contribution in [1.82, 2.24) is 14.5 Å². The molecule has 0 bridgehead atoms. The predicted molar refractivity (Wildman–Crippen MR) is 127 cm³/mol. The summed E-state index contributed by atoms with van der Waals surface area (Å²) in [5.74, 6) is 0.298. The standard InChI is InChI=1S/C24H26N4O5S/c1-4-18-23(24-26-21(29)11-12-22(30)28(24)27-18)16-10-9-15(2)20(13-16)34(31,32)25-14-17-7-5-6-8-19(17)33-3/h5-10,13,25H,4,11-12,14H2,1-3H3,(H,26,29). The molecule has 0 radical (unpaired) electrons. The van der Waals surface area contributed by atoms with Gasteiger partial charge in [-0.3, -0.25) is 9.59 Å². The lowest BCUT2D eigenvalue weighted by Crippen LogP contribution is -2.24. The van der Waals surface area contributed by atoms with E-state index in [1.54, 1.807) is 37.3 Å². The number of nitrogens with zero attached hydrogens (tertiary/aromatic N) is 2. The molecule has 1 aromatic heterocycles. The van der Waals surface area contributed by atoms with Crippen molar-refractivity contribution in [2.45, 2.75) is 44.6 Å². The maximum Gasteiger partial charge on any atom is 0.249 e. The molecule has 2 aromatic carbocycles. The number of anilines is 1. The third-order valence-electron chi connectivity index (χ3n) is 5.76. The van der Waals surface area contributed by atoms with Crippen LogP contribution in [0.5, 0.6) is 5.75 Å². The normalized spacial score (nSPS) is 13.9. The number of aromatic nitrogens is 2. The molecule has 0 unspecified atom stereocenters. The highest BCUT2D eigenvalue weighted by Crippen LogP contribution is 2.35. The molecule has 34 heavy (non-hydrogen) atoms. The number of hydrogen-bond donors (Lipinski definition) is 2. The fraction of sp³-hybridized carbons (Fsp3) is 0.292. The molecule has 0 spiro atoms. The number of rotatable bonds is 7. The summed E-state index contributed by atoms with van der Waals surface area (Å²) in [6.07, 6.45) is 0.632. The van der Waals surface area contributed by atoms with Gasteiger partial charge in [-0.25, -0.2) is 13.1 Å². The van der Waals surface area contributed by atoms with Crippen LogP contribution >= 0.6 is 0 Å². The Morgan fingerprint density at radius 2 is 1.91 bits per heavy atom. The number of aryl methyl sites for hydroxylation is 2. The van der Waals surface area contributed by atoms with Crippen LogP contribution < -0.4 is 14.8 Å². The second-order valence-electron chi connectivity index (χ2n) is 7.99. The summed E-state index contributed by atoms with van der Waals surface area (Å²) < 4.78 is 35.7. The van der Waals surface area contributed by atoms with E-state index in [9.17, 15) is 18.0 Å². The van der Waals surface area contributed by atoms with Gasteiger partial charge in [0.25, 0.3) is 0 Å². The minimum Gasteiger partial charge on any atom is -0.496 e. The van der Waals surface area contributed by atoms with Gasteiger partial charge in [-0.2, -0.15) is 9.78 Å². The highest BCUT2D eigenvalue weighted by Gasteiger charge is 2.28. The Kier molecular flexibility index (Phi) is 6.54. The van der Waals surface area contributed by atoms with Crippen LogP contribution in [0.3, 0.4) is 0 Å². The third kappa shape index (κ3) is 4.46. The molecule has 178 valence electrons. The lowest BCUT2D eigenvalue weighted by molar-refractivity contribution is -0.116. The van der Waals surface area contributed by atoms with E-state index in [0.29, 0.717) is 40.1 Å².